The van der Waals surface area contributed by atoms with Gasteiger partial charge in [0, 0.05) is 7.05 Å². The van der Waals surface area contributed by atoms with E-state index in [0.717, 1.165) is 0 Å². The van der Waals surface area contributed by atoms with Crippen molar-refractivity contribution in [1.82, 2.24) is 10.6 Å². The Bertz CT molecular complexity index is 137. The van der Waals surface area contributed by atoms with Gasteiger partial charge in [-0.05, 0) is 0 Å². The number of carbonyl (C=O) groups excluding carboxylic acids is 1. The van der Waals surface area contributed by atoms with Gasteiger partial charge in [0.2, 0.25) is 5.91 Å². The average molecular weight is 176 g/mol. The third-order valence-electron chi connectivity index (χ3n) is 0.841. The minimum Gasteiger partial charge on any atom is -0.480 e. The highest BCUT2D eigenvalue weighted by Gasteiger charge is 1.98. The van der Waals surface area contributed by atoms with Crippen LogP contribution < -0.4 is 10.6 Å². The Morgan fingerprint density at radius 2 is 1.75 bits per heavy atom. The van der Waals surface area contributed by atoms with Crippen molar-refractivity contribution in [2.24, 2.45) is 0 Å². The van der Waals surface area contributed by atoms with Gasteiger partial charge in [0.05, 0.1) is 13.1 Å². The molecule has 12 heavy (non-hydrogen) atoms. The van der Waals surface area contributed by atoms with Crippen molar-refractivity contribution >= 4 is 11.9 Å². The molecule has 1 amide bonds. The van der Waals surface area contributed by atoms with Gasteiger partial charge in [0.15, 0.2) is 0 Å². The van der Waals surface area contributed by atoms with Crippen LogP contribution in [0.25, 0.3) is 0 Å². The van der Waals surface area contributed by atoms with Crippen molar-refractivity contribution < 1.29 is 14.7 Å². The molecule has 5 heteroatoms. The van der Waals surface area contributed by atoms with E-state index in [1.54, 1.807) is 0 Å². The maximum Gasteiger partial charge on any atom is 0.317 e. The molecule has 0 aliphatic carbocycles. The lowest BCUT2D eigenvalue weighted by atomic mass is 10.5. The lowest BCUT2D eigenvalue weighted by molar-refractivity contribution is -0.136. The topological polar surface area (TPSA) is 78.4 Å². The summed E-state index contributed by atoms with van der Waals surface area (Å²) >= 11 is 0. The second-order valence-electron chi connectivity index (χ2n) is 1.67. The number of hydrogen-bond donors (Lipinski definition) is 3. The summed E-state index contributed by atoms with van der Waals surface area (Å²) in [7, 11) is 1.49. The van der Waals surface area contributed by atoms with Gasteiger partial charge in [0.1, 0.15) is 0 Å². The predicted molar refractivity (Wildman–Crippen MR) is 45.9 cm³/mol. The fraction of sp³-hybridized carbons (Fsp3) is 0.714. The Kier molecular flexibility index (Phi) is 11.1. The normalized spacial score (nSPS) is 7.92. The number of rotatable bonds is 4. The molecule has 0 bridgehead atoms. The van der Waals surface area contributed by atoms with Crippen molar-refractivity contribution in [2.45, 2.75) is 13.8 Å². The molecule has 0 spiro atoms. The standard InChI is InChI=1S/C5H10N2O3.C2H6/c1-6-4(8)2-7-3-5(9)10;1-2/h7H,2-3H2,1H3,(H,6,8)(H,9,10);1-2H3. The van der Waals surface area contributed by atoms with E-state index in [0.29, 0.717) is 0 Å². The quantitative estimate of drug-likeness (QED) is 0.536. The number of carbonyl (C=O) groups is 2. The fourth-order valence-electron chi connectivity index (χ4n) is 0.371. The Hall–Kier alpha value is -1.10. The third kappa shape index (κ3) is 11.7. The first-order valence-corrected chi connectivity index (χ1v) is 3.80. The van der Waals surface area contributed by atoms with Crippen LogP contribution in [0.15, 0.2) is 0 Å². The van der Waals surface area contributed by atoms with Crippen molar-refractivity contribution in [3.63, 3.8) is 0 Å². The molecule has 72 valence electrons. The molecule has 0 radical (unpaired) electrons. The largest absolute Gasteiger partial charge is 0.480 e. The molecule has 0 aromatic heterocycles. The van der Waals surface area contributed by atoms with Crippen LogP contribution in [0.3, 0.4) is 0 Å². The van der Waals surface area contributed by atoms with Gasteiger partial charge in [-0.3, -0.25) is 14.9 Å². The van der Waals surface area contributed by atoms with Crippen LogP contribution in [0.2, 0.25) is 0 Å². The summed E-state index contributed by atoms with van der Waals surface area (Å²) in [6, 6.07) is 0. The number of likely N-dealkylation sites (N-methyl/N-ethyl adjacent to an activating group) is 1. The van der Waals surface area contributed by atoms with Crippen LogP contribution >= 0.6 is 0 Å². The van der Waals surface area contributed by atoms with Gasteiger partial charge in [-0.25, -0.2) is 0 Å². The molecule has 0 saturated carbocycles. The molecular formula is C7H16N2O3. The van der Waals surface area contributed by atoms with E-state index < -0.39 is 5.97 Å². The SMILES string of the molecule is CC.CNC(=O)CNCC(=O)O. The van der Waals surface area contributed by atoms with Gasteiger partial charge < -0.3 is 10.4 Å². The van der Waals surface area contributed by atoms with E-state index in [2.05, 4.69) is 10.6 Å². The first-order chi connectivity index (χ1) is 5.66. The highest BCUT2D eigenvalue weighted by atomic mass is 16.4. The van der Waals surface area contributed by atoms with E-state index in [1.807, 2.05) is 13.8 Å². The maximum atomic E-state index is 10.4. The summed E-state index contributed by atoms with van der Waals surface area (Å²) in [5.74, 6) is -1.19. The molecule has 0 aromatic carbocycles. The zero-order valence-corrected chi connectivity index (χ0v) is 7.68. The summed E-state index contributed by atoms with van der Waals surface area (Å²) in [5.41, 5.74) is 0. The number of hydrogen-bond acceptors (Lipinski definition) is 3. The Morgan fingerprint density at radius 1 is 1.25 bits per heavy atom. The molecule has 0 aromatic rings. The first kappa shape index (κ1) is 13.5. The molecule has 0 aliphatic rings. The summed E-state index contributed by atoms with van der Waals surface area (Å²) in [4.78, 5) is 20.3. The molecule has 3 N–H and O–H groups in total. The number of carboxylic acid groups (broad SMARTS) is 1. The molecule has 0 fully saturated rings. The summed E-state index contributed by atoms with van der Waals surface area (Å²) < 4.78 is 0. The van der Waals surface area contributed by atoms with Crippen LogP contribution in [-0.4, -0.2) is 37.1 Å². The number of carboxylic acids is 1. The Balaban J connectivity index is 0. The minimum atomic E-state index is -0.969. The Morgan fingerprint density at radius 3 is 2.08 bits per heavy atom. The zero-order valence-electron chi connectivity index (χ0n) is 7.68. The maximum absolute atomic E-state index is 10.4. The zero-order chi connectivity index (χ0) is 9.98. The Labute approximate surface area is 72.2 Å². The molecule has 0 aliphatic heterocycles. The summed E-state index contributed by atoms with van der Waals surface area (Å²) in [6.45, 7) is 3.86. The fourth-order valence-corrected chi connectivity index (χ4v) is 0.371. The lowest BCUT2D eigenvalue weighted by Crippen LogP contribution is -2.34. The monoisotopic (exact) mass is 176 g/mol. The predicted octanol–water partition coefficient (Wildman–Crippen LogP) is -0.567. The van der Waals surface area contributed by atoms with E-state index in [9.17, 15) is 9.59 Å². The van der Waals surface area contributed by atoms with Gasteiger partial charge in [-0.2, -0.15) is 0 Å². The minimum absolute atomic E-state index is 0.0444. The highest BCUT2D eigenvalue weighted by Crippen LogP contribution is 1.61. The highest BCUT2D eigenvalue weighted by molar-refractivity contribution is 5.78. The molecule has 5 nitrogen and oxygen atoms in total. The van der Waals surface area contributed by atoms with Crippen LogP contribution in [0, 0.1) is 0 Å². The van der Waals surface area contributed by atoms with Crippen LogP contribution in [-0.2, 0) is 9.59 Å². The second kappa shape index (κ2) is 9.90. The van der Waals surface area contributed by atoms with Crippen LogP contribution in [0.4, 0.5) is 0 Å². The lowest BCUT2D eigenvalue weighted by Gasteiger charge is -1.98. The van der Waals surface area contributed by atoms with E-state index in [-0.39, 0.29) is 19.0 Å². The average Bonchev–Trinajstić information content (AvgIpc) is 2.07. The third-order valence-corrected chi connectivity index (χ3v) is 0.841. The number of aliphatic carboxylic acids is 1. The number of amides is 1. The van der Waals surface area contributed by atoms with E-state index in [4.69, 9.17) is 5.11 Å². The summed E-state index contributed by atoms with van der Waals surface area (Å²) in [5, 5.41) is 12.9. The van der Waals surface area contributed by atoms with Gasteiger partial charge >= 0.3 is 5.97 Å². The van der Waals surface area contributed by atoms with Crippen molar-refractivity contribution in [2.75, 3.05) is 20.1 Å². The molecule has 0 atom stereocenters. The van der Waals surface area contributed by atoms with Crippen molar-refractivity contribution in [1.29, 1.82) is 0 Å². The second-order valence-corrected chi connectivity index (χ2v) is 1.67. The summed E-state index contributed by atoms with van der Waals surface area (Å²) in [6.07, 6.45) is 0. The van der Waals surface area contributed by atoms with E-state index in [1.165, 1.54) is 7.05 Å². The molecule has 0 saturated heterocycles. The molecule has 0 rings (SSSR count). The van der Waals surface area contributed by atoms with Crippen LogP contribution in [0.5, 0.6) is 0 Å². The van der Waals surface area contributed by atoms with Gasteiger partial charge in [-0.1, -0.05) is 13.8 Å². The number of nitrogens with one attached hydrogen (secondary N) is 2. The van der Waals surface area contributed by atoms with Crippen molar-refractivity contribution in [3.05, 3.63) is 0 Å². The van der Waals surface area contributed by atoms with Gasteiger partial charge in [0.25, 0.3) is 0 Å². The van der Waals surface area contributed by atoms with E-state index >= 15 is 0 Å². The van der Waals surface area contributed by atoms with Gasteiger partial charge in [-0.15, -0.1) is 0 Å². The molecule has 0 unspecified atom stereocenters. The molecule has 0 heterocycles. The molecular weight excluding hydrogens is 160 g/mol. The van der Waals surface area contributed by atoms with Crippen molar-refractivity contribution in [3.8, 4) is 0 Å². The smallest absolute Gasteiger partial charge is 0.317 e. The van der Waals surface area contributed by atoms with Crippen LogP contribution in [0.1, 0.15) is 13.8 Å². The first-order valence-electron chi connectivity index (χ1n) is 3.80.